The molecule has 2 aromatic carbocycles. The predicted octanol–water partition coefficient (Wildman–Crippen LogP) is 2.30. The zero-order valence-corrected chi connectivity index (χ0v) is 16.4. The van der Waals surface area contributed by atoms with E-state index in [0.29, 0.717) is 16.9 Å². The van der Waals surface area contributed by atoms with Crippen LogP contribution in [0.3, 0.4) is 0 Å². The minimum Gasteiger partial charge on any atom is -0.480 e. The molecule has 0 fully saturated rings. The summed E-state index contributed by atoms with van der Waals surface area (Å²) in [5.41, 5.74) is 6.50. The van der Waals surface area contributed by atoms with Crippen LogP contribution in [0.4, 0.5) is 18.9 Å². The SMILES string of the molecule is N/C=C/N(CC(=O)O)c1ccc(-n2cnn(Cc3ccc(OC(F)(F)F)cc3)c2=O)cc1. The number of carboxylic acid groups (broad SMARTS) is 1. The van der Waals surface area contributed by atoms with Gasteiger partial charge in [-0.1, -0.05) is 12.1 Å². The number of alkyl halides is 3. The Balaban J connectivity index is 1.76. The molecule has 0 spiro atoms. The van der Waals surface area contributed by atoms with E-state index in [9.17, 15) is 22.8 Å². The molecule has 0 radical (unpaired) electrons. The van der Waals surface area contributed by atoms with Crippen molar-refractivity contribution in [3.05, 3.63) is 83.3 Å². The van der Waals surface area contributed by atoms with E-state index < -0.39 is 18.0 Å². The van der Waals surface area contributed by atoms with Crippen molar-refractivity contribution in [1.82, 2.24) is 14.3 Å². The molecule has 168 valence electrons. The Morgan fingerprint density at radius 3 is 2.38 bits per heavy atom. The van der Waals surface area contributed by atoms with Gasteiger partial charge >= 0.3 is 18.0 Å². The Labute approximate surface area is 179 Å². The van der Waals surface area contributed by atoms with Crippen molar-refractivity contribution in [1.29, 1.82) is 0 Å². The molecule has 1 aromatic heterocycles. The maximum Gasteiger partial charge on any atom is 0.573 e. The summed E-state index contributed by atoms with van der Waals surface area (Å²) >= 11 is 0. The Morgan fingerprint density at radius 1 is 1.16 bits per heavy atom. The molecule has 0 saturated heterocycles. The van der Waals surface area contributed by atoms with Crippen molar-refractivity contribution >= 4 is 11.7 Å². The van der Waals surface area contributed by atoms with Gasteiger partial charge in [-0.05, 0) is 42.0 Å². The quantitative estimate of drug-likeness (QED) is 0.542. The number of anilines is 1. The van der Waals surface area contributed by atoms with Gasteiger partial charge in [0.1, 0.15) is 18.6 Å². The fourth-order valence-corrected chi connectivity index (χ4v) is 2.88. The lowest BCUT2D eigenvalue weighted by Gasteiger charge is -2.18. The van der Waals surface area contributed by atoms with Crippen molar-refractivity contribution < 1.29 is 27.8 Å². The third-order valence-corrected chi connectivity index (χ3v) is 4.25. The summed E-state index contributed by atoms with van der Waals surface area (Å²) in [6.07, 6.45) is -0.836. The number of aromatic nitrogens is 3. The van der Waals surface area contributed by atoms with Crippen LogP contribution in [0.1, 0.15) is 5.56 Å². The number of benzene rings is 2. The van der Waals surface area contributed by atoms with E-state index in [1.165, 1.54) is 40.3 Å². The molecule has 0 aliphatic heterocycles. The molecule has 12 heteroatoms. The van der Waals surface area contributed by atoms with E-state index in [1.807, 2.05) is 0 Å². The van der Waals surface area contributed by atoms with Crippen LogP contribution in [-0.4, -0.2) is 38.3 Å². The molecule has 0 bridgehead atoms. The number of aliphatic carboxylic acids is 1. The molecule has 3 rings (SSSR count). The van der Waals surface area contributed by atoms with Crippen LogP contribution in [0.15, 0.2) is 72.1 Å². The Hall–Kier alpha value is -4.22. The first-order valence-electron chi connectivity index (χ1n) is 9.13. The first-order chi connectivity index (χ1) is 15.2. The Kier molecular flexibility index (Phi) is 6.52. The van der Waals surface area contributed by atoms with Crippen molar-refractivity contribution in [3.8, 4) is 11.4 Å². The Morgan fingerprint density at radius 2 is 1.81 bits per heavy atom. The van der Waals surface area contributed by atoms with Gasteiger partial charge in [-0.15, -0.1) is 13.2 Å². The molecule has 1 heterocycles. The third-order valence-electron chi connectivity index (χ3n) is 4.25. The molecule has 9 nitrogen and oxygen atoms in total. The molecule has 0 saturated carbocycles. The van der Waals surface area contributed by atoms with Crippen LogP contribution in [0.5, 0.6) is 5.75 Å². The number of hydrogen-bond donors (Lipinski definition) is 2. The second kappa shape index (κ2) is 9.29. The minimum absolute atomic E-state index is 0.0455. The van der Waals surface area contributed by atoms with Gasteiger partial charge in [0.15, 0.2) is 0 Å². The summed E-state index contributed by atoms with van der Waals surface area (Å²) in [5.74, 6) is -1.40. The van der Waals surface area contributed by atoms with Gasteiger partial charge in [0.25, 0.3) is 0 Å². The number of nitrogens with zero attached hydrogens (tertiary/aromatic N) is 4. The monoisotopic (exact) mass is 449 g/mol. The van der Waals surface area contributed by atoms with Crippen LogP contribution in [0.2, 0.25) is 0 Å². The molecule has 0 aliphatic carbocycles. The van der Waals surface area contributed by atoms with Crippen molar-refractivity contribution in [2.75, 3.05) is 11.4 Å². The van der Waals surface area contributed by atoms with Crippen molar-refractivity contribution in [3.63, 3.8) is 0 Å². The zero-order chi connectivity index (χ0) is 23.3. The number of carboxylic acids is 1. The maximum absolute atomic E-state index is 12.7. The number of halogens is 3. The summed E-state index contributed by atoms with van der Waals surface area (Å²) in [7, 11) is 0. The molecular formula is C20H18F3N5O4. The number of carbonyl (C=O) groups is 1. The van der Waals surface area contributed by atoms with E-state index in [1.54, 1.807) is 24.3 Å². The van der Waals surface area contributed by atoms with E-state index in [0.717, 1.165) is 16.8 Å². The van der Waals surface area contributed by atoms with Crippen LogP contribution < -0.4 is 21.1 Å². The number of hydrogen-bond acceptors (Lipinski definition) is 6. The minimum atomic E-state index is -4.78. The molecule has 3 aromatic rings. The van der Waals surface area contributed by atoms with E-state index in [-0.39, 0.29) is 18.8 Å². The summed E-state index contributed by atoms with van der Waals surface area (Å²) in [6.45, 7) is -0.248. The third kappa shape index (κ3) is 5.68. The molecule has 0 aliphatic rings. The standard InChI is InChI=1S/C20H18F3N5O4/c21-20(22,23)32-17-7-1-14(2-8-17)11-28-19(31)27(13-25-28)16-5-3-15(4-6-16)26(10-9-24)12-18(29)30/h1-10,13H,11-12,24H2,(H,29,30)/b10-9+. The van der Waals surface area contributed by atoms with Crippen molar-refractivity contribution in [2.24, 2.45) is 5.73 Å². The summed E-state index contributed by atoms with van der Waals surface area (Å²) in [5, 5.41) is 13.0. The first kappa shape index (κ1) is 22.5. The van der Waals surface area contributed by atoms with Crippen LogP contribution >= 0.6 is 0 Å². The van der Waals surface area contributed by atoms with Gasteiger partial charge in [-0.2, -0.15) is 5.10 Å². The maximum atomic E-state index is 12.7. The fourth-order valence-electron chi connectivity index (χ4n) is 2.88. The highest BCUT2D eigenvalue weighted by Gasteiger charge is 2.30. The Bertz CT molecular complexity index is 1150. The molecule has 0 unspecified atom stereocenters. The fraction of sp³-hybridized carbons (Fsp3) is 0.150. The van der Waals surface area contributed by atoms with Gasteiger partial charge in [0, 0.05) is 18.1 Å². The van der Waals surface area contributed by atoms with Crippen LogP contribution in [-0.2, 0) is 11.3 Å². The summed E-state index contributed by atoms with van der Waals surface area (Å²) in [6, 6.07) is 11.6. The van der Waals surface area contributed by atoms with Gasteiger partial charge in [-0.25, -0.2) is 14.0 Å². The van der Waals surface area contributed by atoms with E-state index in [4.69, 9.17) is 10.8 Å². The lowest BCUT2D eigenvalue weighted by atomic mass is 10.2. The van der Waals surface area contributed by atoms with E-state index >= 15 is 0 Å². The smallest absolute Gasteiger partial charge is 0.480 e. The van der Waals surface area contributed by atoms with Gasteiger partial charge in [-0.3, -0.25) is 4.79 Å². The zero-order valence-electron chi connectivity index (χ0n) is 16.4. The normalized spacial score (nSPS) is 11.6. The number of ether oxygens (including phenoxy) is 1. The molecule has 3 N–H and O–H groups in total. The predicted molar refractivity (Wildman–Crippen MR) is 108 cm³/mol. The summed E-state index contributed by atoms with van der Waals surface area (Å²) in [4.78, 5) is 25.1. The molecular weight excluding hydrogens is 431 g/mol. The van der Waals surface area contributed by atoms with Crippen LogP contribution in [0.25, 0.3) is 5.69 Å². The lowest BCUT2D eigenvalue weighted by molar-refractivity contribution is -0.274. The first-order valence-corrected chi connectivity index (χ1v) is 9.13. The van der Waals surface area contributed by atoms with Gasteiger partial charge in [0.05, 0.1) is 12.2 Å². The molecule has 0 amide bonds. The van der Waals surface area contributed by atoms with Gasteiger partial charge in [0.2, 0.25) is 0 Å². The van der Waals surface area contributed by atoms with Crippen LogP contribution in [0, 0.1) is 0 Å². The summed E-state index contributed by atoms with van der Waals surface area (Å²) < 4.78 is 43.0. The molecule has 0 atom stereocenters. The molecule has 32 heavy (non-hydrogen) atoms. The lowest BCUT2D eigenvalue weighted by Crippen LogP contribution is -2.25. The second-order valence-corrected chi connectivity index (χ2v) is 6.51. The number of nitrogens with two attached hydrogens (primary N) is 1. The average molecular weight is 449 g/mol. The van der Waals surface area contributed by atoms with E-state index in [2.05, 4.69) is 9.84 Å². The van der Waals surface area contributed by atoms with Gasteiger partial charge < -0.3 is 20.5 Å². The highest BCUT2D eigenvalue weighted by Crippen LogP contribution is 2.23. The highest BCUT2D eigenvalue weighted by molar-refractivity contribution is 5.74. The van der Waals surface area contributed by atoms with Crippen molar-refractivity contribution in [2.45, 2.75) is 12.9 Å². The highest BCUT2D eigenvalue weighted by atomic mass is 19.4. The largest absolute Gasteiger partial charge is 0.573 e. The second-order valence-electron chi connectivity index (χ2n) is 6.51. The number of rotatable bonds is 8. The average Bonchev–Trinajstić information content (AvgIpc) is 3.08. The topological polar surface area (TPSA) is 116 Å².